The lowest BCUT2D eigenvalue weighted by Gasteiger charge is -2.24. The van der Waals surface area contributed by atoms with Gasteiger partial charge in [0.15, 0.2) is 0 Å². The van der Waals surface area contributed by atoms with Crippen molar-refractivity contribution in [3.05, 3.63) is 29.5 Å². The number of esters is 1. The summed E-state index contributed by atoms with van der Waals surface area (Å²) in [6, 6.07) is 1.81. The Morgan fingerprint density at radius 3 is 2.87 bits per heavy atom. The van der Waals surface area contributed by atoms with Crippen molar-refractivity contribution in [3.8, 4) is 16.3 Å². The highest BCUT2D eigenvalue weighted by atomic mass is 32.1. The van der Waals surface area contributed by atoms with Gasteiger partial charge in [-0.1, -0.05) is 12.8 Å². The van der Waals surface area contributed by atoms with E-state index in [1.807, 2.05) is 18.4 Å². The molecule has 2 aromatic rings. The largest absolute Gasteiger partial charge is 0.496 e. The van der Waals surface area contributed by atoms with Crippen LogP contribution in [-0.4, -0.2) is 29.7 Å². The topological polar surface area (TPSA) is 61.3 Å². The molecule has 122 valence electrons. The van der Waals surface area contributed by atoms with Crippen molar-refractivity contribution in [2.24, 2.45) is 0 Å². The Labute approximate surface area is 139 Å². The van der Waals surface area contributed by atoms with Crippen LogP contribution >= 0.6 is 11.3 Å². The number of pyridine rings is 1. The fourth-order valence-corrected chi connectivity index (χ4v) is 4.08. The molecule has 0 radical (unpaired) electrons. The van der Waals surface area contributed by atoms with E-state index in [4.69, 9.17) is 14.5 Å². The van der Waals surface area contributed by atoms with Crippen LogP contribution in [-0.2, 0) is 14.9 Å². The molecule has 0 spiro atoms. The van der Waals surface area contributed by atoms with Gasteiger partial charge in [-0.25, -0.2) is 4.98 Å². The Morgan fingerprint density at radius 1 is 1.39 bits per heavy atom. The Morgan fingerprint density at radius 2 is 2.17 bits per heavy atom. The first-order valence-corrected chi connectivity index (χ1v) is 8.71. The summed E-state index contributed by atoms with van der Waals surface area (Å²) in [6.07, 6.45) is 7.10. The third kappa shape index (κ3) is 2.83. The first kappa shape index (κ1) is 15.9. The van der Waals surface area contributed by atoms with Gasteiger partial charge in [0.1, 0.15) is 16.2 Å². The first-order chi connectivity index (χ1) is 11.2. The number of aromatic nitrogens is 2. The fourth-order valence-electron chi connectivity index (χ4n) is 3.15. The van der Waals surface area contributed by atoms with E-state index in [-0.39, 0.29) is 5.97 Å². The molecule has 1 saturated carbocycles. The minimum Gasteiger partial charge on any atom is -0.496 e. The molecule has 6 heteroatoms. The second kappa shape index (κ2) is 6.66. The zero-order valence-electron chi connectivity index (χ0n) is 13.4. The van der Waals surface area contributed by atoms with E-state index >= 15 is 0 Å². The average Bonchev–Trinajstić information content (AvgIpc) is 3.25. The maximum Gasteiger partial charge on any atom is 0.318 e. The molecule has 0 aromatic carbocycles. The lowest BCUT2D eigenvalue weighted by molar-refractivity contribution is -0.150. The molecule has 0 bridgehead atoms. The van der Waals surface area contributed by atoms with Gasteiger partial charge >= 0.3 is 5.97 Å². The van der Waals surface area contributed by atoms with E-state index in [0.29, 0.717) is 6.61 Å². The Kier molecular flexibility index (Phi) is 4.61. The number of thiazole rings is 1. The standard InChI is InChI=1S/C17H20N2O3S/c1-3-22-16(20)17(7-4-5-8-17)14-11-23-15(19-14)12-10-18-9-6-13(12)21-2/h6,9-11H,3-5,7-8H2,1-2H3. The normalized spacial score (nSPS) is 16.3. The molecule has 0 unspecified atom stereocenters. The summed E-state index contributed by atoms with van der Waals surface area (Å²) in [5.41, 5.74) is 1.09. The van der Waals surface area contributed by atoms with Crippen LogP contribution in [0.4, 0.5) is 0 Å². The summed E-state index contributed by atoms with van der Waals surface area (Å²) >= 11 is 1.51. The number of methoxy groups -OCH3 is 1. The van der Waals surface area contributed by atoms with Gasteiger partial charge in [0.2, 0.25) is 0 Å². The monoisotopic (exact) mass is 332 g/mol. The van der Waals surface area contributed by atoms with E-state index in [2.05, 4.69) is 4.98 Å². The van der Waals surface area contributed by atoms with Gasteiger partial charge in [-0.2, -0.15) is 0 Å². The third-order valence-electron chi connectivity index (χ3n) is 4.35. The van der Waals surface area contributed by atoms with Gasteiger partial charge in [-0.3, -0.25) is 9.78 Å². The van der Waals surface area contributed by atoms with E-state index in [9.17, 15) is 4.79 Å². The second-order valence-electron chi connectivity index (χ2n) is 5.62. The van der Waals surface area contributed by atoms with E-state index < -0.39 is 5.41 Å². The summed E-state index contributed by atoms with van der Waals surface area (Å²) < 4.78 is 10.7. The fraction of sp³-hybridized carbons (Fsp3) is 0.471. The van der Waals surface area contributed by atoms with Crippen LogP contribution in [0, 0.1) is 0 Å². The molecule has 2 heterocycles. The highest BCUT2D eigenvalue weighted by Gasteiger charge is 2.46. The number of carbonyl (C=O) groups is 1. The summed E-state index contributed by atoms with van der Waals surface area (Å²) in [5.74, 6) is 0.588. The number of ether oxygens (including phenoxy) is 2. The van der Waals surface area contributed by atoms with Crippen molar-refractivity contribution in [3.63, 3.8) is 0 Å². The first-order valence-electron chi connectivity index (χ1n) is 7.83. The molecule has 0 amide bonds. The number of hydrogen-bond donors (Lipinski definition) is 0. The Balaban J connectivity index is 1.98. The summed E-state index contributed by atoms with van der Waals surface area (Å²) in [4.78, 5) is 21.4. The number of carbonyl (C=O) groups excluding carboxylic acids is 1. The van der Waals surface area contributed by atoms with Gasteiger partial charge in [0.05, 0.1) is 25.0 Å². The van der Waals surface area contributed by atoms with Crippen LogP contribution in [0.1, 0.15) is 38.3 Å². The Bertz CT molecular complexity index is 693. The van der Waals surface area contributed by atoms with Gasteiger partial charge in [-0.05, 0) is 25.8 Å². The van der Waals surface area contributed by atoms with Crippen LogP contribution in [0.5, 0.6) is 5.75 Å². The number of hydrogen-bond acceptors (Lipinski definition) is 6. The zero-order chi connectivity index (χ0) is 16.3. The van der Waals surface area contributed by atoms with Crippen LogP contribution in [0.2, 0.25) is 0 Å². The van der Waals surface area contributed by atoms with Gasteiger partial charge in [0.25, 0.3) is 0 Å². The molecule has 0 aliphatic heterocycles. The zero-order valence-corrected chi connectivity index (χ0v) is 14.2. The number of nitrogens with zero attached hydrogens (tertiary/aromatic N) is 2. The predicted molar refractivity (Wildman–Crippen MR) is 88.7 cm³/mol. The van der Waals surface area contributed by atoms with Crippen molar-refractivity contribution in [1.29, 1.82) is 0 Å². The molecule has 1 fully saturated rings. The van der Waals surface area contributed by atoms with Crippen LogP contribution in [0.3, 0.4) is 0 Å². The maximum atomic E-state index is 12.5. The lowest BCUT2D eigenvalue weighted by Crippen LogP contribution is -2.35. The summed E-state index contributed by atoms with van der Waals surface area (Å²) in [5, 5.41) is 2.80. The maximum absolute atomic E-state index is 12.5. The molecule has 1 aliphatic carbocycles. The third-order valence-corrected chi connectivity index (χ3v) is 5.22. The van der Waals surface area contributed by atoms with Crippen molar-refractivity contribution in [2.45, 2.75) is 38.0 Å². The minimum absolute atomic E-state index is 0.146. The molecular formula is C17H20N2O3S. The molecule has 23 heavy (non-hydrogen) atoms. The van der Waals surface area contributed by atoms with Crippen molar-refractivity contribution < 1.29 is 14.3 Å². The minimum atomic E-state index is -0.583. The molecule has 1 aliphatic rings. The average molecular weight is 332 g/mol. The molecule has 3 rings (SSSR count). The van der Waals surface area contributed by atoms with E-state index in [1.54, 1.807) is 19.5 Å². The highest BCUT2D eigenvalue weighted by molar-refractivity contribution is 7.13. The smallest absolute Gasteiger partial charge is 0.318 e. The van der Waals surface area contributed by atoms with Gasteiger partial charge in [0, 0.05) is 17.8 Å². The molecule has 2 aromatic heterocycles. The van der Waals surface area contributed by atoms with Gasteiger partial charge in [-0.15, -0.1) is 11.3 Å². The van der Waals surface area contributed by atoms with Crippen LogP contribution < -0.4 is 4.74 Å². The Hall–Kier alpha value is -1.95. The molecular weight excluding hydrogens is 312 g/mol. The quantitative estimate of drug-likeness (QED) is 0.783. The summed E-state index contributed by atoms with van der Waals surface area (Å²) in [6.45, 7) is 2.24. The molecule has 0 saturated heterocycles. The lowest BCUT2D eigenvalue weighted by atomic mass is 9.83. The van der Waals surface area contributed by atoms with Crippen molar-refractivity contribution >= 4 is 17.3 Å². The SMILES string of the molecule is CCOC(=O)C1(c2csc(-c3cnccc3OC)n2)CCCC1. The second-order valence-corrected chi connectivity index (χ2v) is 6.48. The number of rotatable bonds is 5. The van der Waals surface area contributed by atoms with Crippen LogP contribution in [0.25, 0.3) is 10.6 Å². The predicted octanol–water partition coefficient (Wildman–Crippen LogP) is 3.59. The van der Waals surface area contributed by atoms with E-state index in [1.165, 1.54) is 11.3 Å². The van der Waals surface area contributed by atoms with Gasteiger partial charge < -0.3 is 9.47 Å². The van der Waals surface area contributed by atoms with Crippen molar-refractivity contribution in [2.75, 3.05) is 13.7 Å². The van der Waals surface area contributed by atoms with Crippen molar-refractivity contribution in [1.82, 2.24) is 9.97 Å². The van der Waals surface area contributed by atoms with Crippen LogP contribution in [0.15, 0.2) is 23.8 Å². The van der Waals surface area contributed by atoms with E-state index in [0.717, 1.165) is 47.7 Å². The molecule has 0 N–H and O–H groups in total. The summed E-state index contributed by atoms with van der Waals surface area (Å²) in [7, 11) is 1.63. The molecule has 0 atom stereocenters. The molecule has 5 nitrogen and oxygen atoms in total. The highest BCUT2D eigenvalue weighted by Crippen LogP contribution is 2.44.